The Balaban J connectivity index is 1.23. The SMILES string of the molecule is CC(c1nc(-c2ccccc2)no1)N1CCN(C(=O)C2(c3cccc(Br)c3)CC2)CC1. The smallest absolute Gasteiger partial charge is 0.244 e. The average Bonchev–Trinajstić information content (AvgIpc) is 3.48. The highest BCUT2D eigenvalue weighted by Gasteiger charge is 2.53. The molecule has 7 heteroatoms. The third kappa shape index (κ3) is 3.92. The third-order valence-electron chi connectivity index (χ3n) is 6.52. The van der Waals surface area contributed by atoms with Crippen LogP contribution < -0.4 is 0 Å². The minimum atomic E-state index is -0.325. The largest absolute Gasteiger partial charge is 0.339 e. The highest BCUT2D eigenvalue weighted by Crippen LogP contribution is 2.50. The molecule has 1 aliphatic heterocycles. The fraction of sp³-hybridized carbons (Fsp3) is 0.375. The van der Waals surface area contributed by atoms with Crippen LogP contribution in [0.25, 0.3) is 11.4 Å². The van der Waals surface area contributed by atoms with Crippen molar-refractivity contribution in [2.24, 2.45) is 0 Å². The predicted octanol–water partition coefficient (Wildman–Crippen LogP) is 4.44. The highest BCUT2D eigenvalue weighted by molar-refractivity contribution is 9.10. The van der Waals surface area contributed by atoms with E-state index in [0.717, 1.165) is 54.6 Å². The monoisotopic (exact) mass is 480 g/mol. The van der Waals surface area contributed by atoms with Gasteiger partial charge in [0, 0.05) is 36.2 Å². The molecule has 2 fully saturated rings. The van der Waals surface area contributed by atoms with Crippen molar-refractivity contribution in [3.8, 4) is 11.4 Å². The van der Waals surface area contributed by atoms with Gasteiger partial charge in [0.2, 0.25) is 17.6 Å². The quantitative estimate of drug-likeness (QED) is 0.540. The number of carbonyl (C=O) groups is 1. The molecule has 1 amide bonds. The number of aromatic nitrogens is 2. The summed E-state index contributed by atoms with van der Waals surface area (Å²) in [5, 5.41) is 4.15. The van der Waals surface area contributed by atoms with Gasteiger partial charge in [0.15, 0.2) is 0 Å². The van der Waals surface area contributed by atoms with E-state index in [0.29, 0.717) is 11.7 Å². The van der Waals surface area contributed by atoms with Crippen LogP contribution in [0.4, 0.5) is 0 Å². The summed E-state index contributed by atoms with van der Waals surface area (Å²) in [6.07, 6.45) is 1.87. The van der Waals surface area contributed by atoms with Gasteiger partial charge in [-0.15, -0.1) is 0 Å². The fourth-order valence-corrected chi connectivity index (χ4v) is 4.82. The molecule has 2 aliphatic rings. The normalized spacial score (nSPS) is 19.2. The van der Waals surface area contributed by atoms with Gasteiger partial charge in [0.05, 0.1) is 11.5 Å². The van der Waals surface area contributed by atoms with E-state index in [-0.39, 0.29) is 17.4 Å². The van der Waals surface area contributed by atoms with Crippen molar-refractivity contribution in [1.29, 1.82) is 0 Å². The van der Waals surface area contributed by atoms with Gasteiger partial charge in [-0.25, -0.2) is 0 Å². The Hall–Kier alpha value is -2.51. The Labute approximate surface area is 190 Å². The molecule has 1 saturated heterocycles. The van der Waals surface area contributed by atoms with Crippen LogP contribution in [-0.4, -0.2) is 52.0 Å². The van der Waals surface area contributed by atoms with Gasteiger partial charge in [-0.2, -0.15) is 4.98 Å². The number of amides is 1. The van der Waals surface area contributed by atoms with Crippen LogP contribution in [0.2, 0.25) is 0 Å². The summed E-state index contributed by atoms with van der Waals surface area (Å²) in [5.41, 5.74) is 1.75. The summed E-state index contributed by atoms with van der Waals surface area (Å²) in [6.45, 7) is 5.12. The zero-order valence-electron chi connectivity index (χ0n) is 17.5. The number of carbonyl (C=O) groups excluding carboxylic acids is 1. The van der Waals surface area contributed by atoms with Crippen LogP contribution in [0.1, 0.15) is 37.3 Å². The second-order valence-electron chi connectivity index (χ2n) is 8.42. The first-order valence-electron chi connectivity index (χ1n) is 10.8. The third-order valence-corrected chi connectivity index (χ3v) is 7.01. The van der Waals surface area contributed by atoms with Crippen molar-refractivity contribution in [3.63, 3.8) is 0 Å². The number of piperazine rings is 1. The Kier molecular flexibility index (Phi) is 5.40. The Morgan fingerprint density at radius 2 is 1.81 bits per heavy atom. The van der Waals surface area contributed by atoms with Crippen LogP contribution in [0.3, 0.4) is 0 Å². The minimum Gasteiger partial charge on any atom is -0.339 e. The van der Waals surface area contributed by atoms with Gasteiger partial charge in [0.1, 0.15) is 0 Å². The first-order valence-corrected chi connectivity index (χ1v) is 11.5. The summed E-state index contributed by atoms with van der Waals surface area (Å²) in [5.74, 6) is 1.49. The summed E-state index contributed by atoms with van der Waals surface area (Å²) >= 11 is 3.54. The van der Waals surface area contributed by atoms with Gasteiger partial charge in [-0.1, -0.05) is 63.6 Å². The molecule has 2 heterocycles. The van der Waals surface area contributed by atoms with Crippen LogP contribution in [-0.2, 0) is 10.2 Å². The second-order valence-corrected chi connectivity index (χ2v) is 9.33. The van der Waals surface area contributed by atoms with E-state index < -0.39 is 0 Å². The molecule has 31 heavy (non-hydrogen) atoms. The zero-order valence-corrected chi connectivity index (χ0v) is 19.1. The molecule has 0 spiro atoms. The molecule has 1 saturated carbocycles. The predicted molar refractivity (Wildman–Crippen MR) is 121 cm³/mol. The van der Waals surface area contributed by atoms with Crippen molar-refractivity contribution in [1.82, 2.24) is 19.9 Å². The summed E-state index contributed by atoms with van der Waals surface area (Å²) < 4.78 is 6.58. The number of halogens is 1. The standard InChI is InChI=1S/C24H25BrN4O2/c1-17(22-26-21(27-31-22)18-6-3-2-4-7-18)28-12-14-29(15-13-28)23(30)24(10-11-24)19-8-5-9-20(25)16-19/h2-9,16-17H,10-15H2,1H3. The Bertz CT molecular complexity index is 1070. The van der Waals surface area contributed by atoms with Crippen molar-refractivity contribution in [3.05, 3.63) is 70.5 Å². The lowest BCUT2D eigenvalue weighted by Crippen LogP contribution is -2.52. The van der Waals surface area contributed by atoms with Crippen LogP contribution in [0.5, 0.6) is 0 Å². The maximum atomic E-state index is 13.4. The lowest BCUT2D eigenvalue weighted by molar-refractivity contribution is -0.136. The van der Waals surface area contributed by atoms with Gasteiger partial charge in [-0.3, -0.25) is 9.69 Å². The van der Waals surface area contributed by atoms with Crippen LogP contribution >= 0.6 is 15.9 Å². The number of rotatable bonds is 5. The molecule has 160 valence electrons. The van der Waals surface area contributed by atoms with Crippen molar-refractivity contribution >= 4 is 21.8 Å². The van der Waals surface area contributed by atoms with E-state index in [2.05, 4.69) is 50.0 Å². The maximum absolute atomic E-state index is 13.4. The van der Waals surface area contributed by atoms with Crippen LogP contribution in [0, 0.1) is 0 Å². The van der Waals surface area contributed by atoms with Gasteiger partial charge in [0.25, 0.3) is 0 Å². The van der Waals surface area contributed by atoms with E-state index in [1.54, 1.807) is 0 Å². The number of benzene rings is 2. The number of nitrogens with zero attached hydrogens (tertiary/aromatic N) is 4. The molecule has 1 aromatic heterocycles. The zero-order chi connectivity index (χ0) is 21.4. The molecular weight excluding hydrogens is 456 g/mol. The van der Waals surface area contributed by atoms with E-state index in [9.17, 15) is 4.79 Å². The molecule has 1 unspecified atom stereocenters. The highest BCUT2D eigenvalue weighted by atomic mass is 79.9. The lowest BCUT2D eigenvalue weighted by Gasteiger charge is -2.38. The summed E-state index contributed by atoms with van der Waals surface area (Å²) in [7, 11) is 0. The van der Waals surface area contributed by atoms with Crippen molar-refractivity contribution in [2.45, 2.75) is 31.2 Å². The average molecular weight is 481 g/mol. The molecule has 0 bridgehead atoms. The molecule has 0 N–H and O–H groups in total. The summed E-state index contributed by atoms with van der Waals surface area (Å²) in [6, 6.07) is 18.0. The molecule has 2 aromatic carbocycles. The Morgan fingerprint density at radius 1 is 1.06 bits per heavy atom. The van der Waals surface area contributed by atoms with E-state index in [4.69, 9.17) is 4.52 Å². The summed E-state index contributed by atoms with van der Waals surface area (Å²) in [4.78, 5) is 22.3. The number of hydrogen-bond acceptors (Lipinski definition) is 5. The first-order chi connectivity index (χ1) is 15.1. The fourth-order valence-electron chi connectivity index (χ4n) is 4.42. The van der Waals surface area contributed by atoms with Crippen molar-refractivity contribution in [2.75, 3.05) is 26.2 Å². The molecule has 3 aromatic rings. The van der Waals surface area contributed by atoms with E-state index in [1.807, 2.05) is 47.4 Å². The molecule has 1 aliphatic carbocycles. The second kappa shape index (κ2) is 8.20. The molecule has 6 nitrogen and oxygen atoms in total. The first kappa shape index (κ1) is 20.4. The molecular formula is C24H25BrN4O2. The van der Waals surface area contributed by atoms with Crippen molar-refractivity contribution < 1.29 is 9.32 Å². The Morgan fingerprint density at radius 3 is 2.48 bits per heavy atom. The van der Waals surface area contributed by atoms with E-state index in [1.165, 1.54) is 0 Å². The van der Waals surface area contributed by atoms with E-state index >= 15 is 0 Å². The van der Waals surface area contributed by atoms with Gasteiger partial charge in [-0.05, 0) is 37.5 Å². The van der Waals surface area contributed by atoms with Gasteiger partial charge < -0.3 is 9.42 Å². The van der Waals surface area contributed by atoms with Crippen LogP contribution in [0.15, 0.2) is 63.6 Å². The number of hydrogen-bond donors (Lipinski definition) is 0. The topological polar surface area (TPSA) is 62.5 Å². The minimum absolute atomic E-state index is 0.0159. The maximum Gasteiger partial charge on any atom is 0.244 e. The molecule has 5 rings (SSSR count). The molecule has 1 atom stereocenters. The molecule has 0 radical (unpaired) electrons. The lowest BCUT2D eigenvalue weighted by atomic mass is 9.94. The van der Waals surface area contributed by atoms with Gasteiger partial charge >= 0.3 is 0 Å².